The molecule has 0 fully saturated rings. The highest BCUT2D eigenvalue weighted by atomic mass is 127. The normalized spacial score (nSPS) is 16.1. The first-order valence-corrected chi connectivity index (χ1v) is 9.35. The highest BCUT2D eigenvalue weighted by molar-refractivity contribution is 14.0. The lowest BCUT2D eigenvalue weighted by atomic mass is 10.1. The van der Waals surface area contributed by atoms with Crippen LogP contribution in [0.25, 0.3) is 0 Å². The molecule has 0 aliphatic carbocycles. The van der Waals surface area contributed by atoms with Crippen LogP contribution in [0.5, 0.6) is 5.75 Å². The fourth-order valence-corrected chi connectivity index (χ4v) is 3.04. The van der Waals surface area contributed by atoms with Crippen molar-refractivity contribution in [3.05, 3.63) is 42.0 Å². The largest absolute Gasteiger partial charge is 0.494 e. The molecule has 2 aromatic rings. The van der Waals surface area contributed by atoms with Gasteiger partial charge in [-0.15, -0.1) is 24.0 Å². The SMILES string of the molecule is CN=C(NCCCOc1ccccc1)NC1CCc2nc(COC)nn2C1.I. The molecule has 1 aromatic heterocycles. The van der Waals surface area contributed by atoms with Crippen LogP contribution in [0.15, 0.2) is 35.3 Å². The number of guanidine groups is 1. The lowest BCUT2D eigenvalue weighted by molar-refractivity contribution is 0.177. The maximum absolute atomic E-state index is 5.70. The molecule has 0 amide bonds. The van der Waals surface area contributed by atoms with Crippen LogP contribution in [-0.2, 0) is 24.3 Å². The molecule has 1 atom stereocenters. The number of aliphatic imine (C=N–C) groups is 1. The van der Waals surface area contributed by atoms with Crippen molar-refractivity contribution in [1.29, 1.82) is 0 Å². The van der Waals surface area contributed by atoms with Crippen molar-refractivity contribution >= 4 is 29.9 Å². The number of fused-ring (bicyclic) bond motifs is 1. The van der Waals surface area contributed by atoms with E-state index in [-0.39, 0.29) is 30.0 Å². The number of para-hydroxylation sites is 1. The number of ether oxygens (including phenoxy) is 2. The minimum atomic E-state index is 0. The van der Waals surface area contributed by atoms with Crippen molar-refractivity contribution in [2.75, 3.05) is 27.3 Å². The van der Waals surface area contributed by atoms with E-state index in [9.17, 15) is 0 Å². The van der Waals surface area contributed by atoms with E-state index in [1.54, 1.807) is 14.2 Å². The zero-order valence-electron chi connectivity index (χ0n) is 16.4. The molecule has 1 aromatic carbocycles. The van der Waals surface area contributed by atoms with Crippen LogP contribution >= 0.6 is 24.0 Å². The van der Waals surface area contributed by atoms with Gasteiger partial charge in [0, 0.05) is 33.2 Å². The summed E-state index contributed by atoms with van der Waals surface area (Å²) >= 11 is 0. The molecule has 1 unspecified atom stereocenters. The van der Waals surface area contributed by atoms with Crippen LogP contribution in [0, 0.1) is 0 Å². The summed E-state index contributed by atoms with van der Waals surface area (Å²) in [7, 11) is 3.45. The first kappa shape index (κ1) is 22.4. The van der Waals surface area contributed by atoms with Crippen LogP contribution in [0.4, 0.5) is 0 Å². The molecule has 154 valence electrons. The van der Waals surface area contributed by atoms with E-state index >= 15 is 0 Å². The van der Waals surface area contributed by atoms with Crippen molar-refractivity contribution in [3.63, 3.8) is 0 Å². The molecule has 0 spiro atoms. The van der Waals surface area contributed by atoms with Crippen LogP contribution in [-0.4, -0.2) is 54.1 Å². The van der Waals surface area contributed by atoms with E-state index in [2.05, 4.69) is 25.7 Å². The molecular formula is C19H29IN6O2. The topological polar surface area (TPSA) is 85.6 Å². The van der Waals surface area contributed by atoms with Gasteiger partial charge in [0.1, 0.15) is 18.2 Å². The van der Waals surface area contributed by atoms with E-state index in [4.69, 9.17) is 9.47 Å². The van der Waals surface area contributed by atoms with E-state index in [0.717, 1.165) is 55.7 Å². The van der Waals surface area contributed by atoms with Gasteiger partial charge in [0.25, 0.3) is 0 Å². The zero-order valence-corrected chi connectivity index (χ0v) is 18.8. The lowest BCUT2D eigenvalue weighted by Gasteiger charge is -2.25. The molecule has 2 heterocycles. The second kappa shape index (κ2) is 11.8. The zero-order chi connectivity index (χ0) is 18.9. The summed E-state index contributed by atoms with van der Waals surface area (Å²) in [5.41, 5.74) is 0. The lowest BCUT2D eigenvalue weighted by Crippen LogP contribution is -2.47. The van der Waals surface area contributed by atoms with Gasteiger partial charge in [0.2, 0.25) is 0 Å². The minimum absolute atomic E-state index is 0. The number of benzene rings is 1. The van der Waals surface area contributed by atoms with Crippen molar-refractivity contribution < 1.29 is 9.47 Å². The number of methoxy groups -OCH3 is 1. The first-order valence-electron chi connectivity index (χ1n) is 9.35. The molecule has 0 saturated heterocycles. The number of rotatable bonds is 8. The number of hydrogen-bond acceptors (Lipinski definition) is 5. The third kappa shape index (κ3) is 6.62. The third-order valence-corrected chi connectivity index (χ3v) is 4.37. The average Bonchev–Trinajstić information content (AvgIpc) is 3.09. The minimum Gasteiger partial charge on any atom is -0.494 e. The van der Waals surface area contributed by atoms with Gasteiger partial charge in [0.05, 0.1) is 13.2 Å². The summed E-state index contributed by atoms with van der Waals surface area (Å²) in [5, 5.41) is 11.3. The Morgan fingerprint density at radius 1 is 1.32 bits per heavy atom. The number of nitrogens with one attached hydrogen (secondary N) is 2. The van der Waals surface area contributed by atoms with Gasteiger partial charge in [-0.3, -0.25) is 4.99 Å². The average molecular weight is 500 g/mol. The van der Waals surface area contributed by atoms with E-state index in [0.29, 0.717) is 13.2 Å². The predicted octanol–water partition coefficient (Wildman–Crippen LogP) is 1.99. The van der Waals surface area contributed by atoms with Crippen molar-refractivity contribution in [3.8, 4) is 5.75 Å². The second-order valence-electron chi connectivity index (χ2n) is 6.45. The molecule has 28 heavy (non-hydrogen) atoms. The van der Waals surface area contributed by atoms with Crippen molar-refractivity contribution in [2.45, 2.75) is 38.5 Å². The molecule has 9 heteroatoms. The summed E-state index contributed by atoms with van der Waals surface area (Å²) in [6.07, 6.45) is 2.80. The van der Waals surface area contributed by atoms with Crippen LogP contribution in [0.2, 0.25) is 0 Å². The monoisotopic (exact) mass is 500 g/mol. The molecule has 8 nitrogen and oxygen atoms in total. The predicted molar refractivity (Wildman–Crippen MR) is 119 cm³/mol. The fraction of sp³-hybridized carbons (Fsp3) is 0.526. The Labute approximate surface area is 183 Å². The molecule has 0 bridgehead atoms. The molecule has 2 N–H and O–H groups in total. The number of nitrogens with zero attached hydrogens (tertiary/aromatic N) is 4. The summed E-state index contributed by atoms with van der Waals surface area (Å²) in [6, 6.07) is 10.1. The Bertz CT molecular complexity index is 737. The molecule has 1 aliphatic heterocycles. The Balaban J connectivity index is 0.00000280. The molecule has 1 aliphatic rings. The number of hydrogen-bond donors (Lipinski definition) is 2. The van der Waals surface area contributed by atoms with E-state index in [1.807, 2.05) is 35.0 Å². The van der Waals surface area contributed by atoms with Gasteiger partial charge in [-0.1, -0.05) is 18.2 Å². The number of aryl methyl sites for hydroxylation is 1. The van der Waals surface area contributed by atoms with Gasteiger partial charge < -0.3 is 20.1 Å². The van der Waals surface area contributed by atoms with Gasteiger partial charge in [0.15, 0.2) is 11.8 Å². The Hall–Kier alpha value is -1.88. The summed E-state index contributed by atoms with van der Waals surface area (Å²) < 4.78 is 12.8. The quantitative estimate of drug-likeness (QED) is 0.250. The highest BCUT2D eigenvalue weighted by Crippen LogP contribution is 2.13. The molecule has 0 radical (unpaired) electrons. The van der Waals surface area contributed by atoms with Gasteiger partial charge >= 0.3 is 0 Å². The highest BCUT2D eigenvalue weighted by Gasteiger charge is 2.22. The third-order valence-electron chi connectivity index (χ3n) is 4.37. The van der Waals surface area contributed by atoms with Gasteiger partial charge in [-0.25, -0.2) is 9.67 Å². The summed E-state index contributed by atoms with van der Waals surface area (Å²) in [5.74, 6) is 3.48. The number of halogens is 1. The standard InChI is InChI=1S/C19H28N6O2.HI/c1-20-19(21-11-6-12-27-16-7-4-3-5-8-16)22-15-9-10-18-23-17(14-26-2)24-25(18)13-15;/h3-5,7-8,15H,6,9-14H2,1-2H3,(H2,20,21,22);1H. The smallest absolute Gasteiger partial charge is 0.191 e. The molecule has 0 saturated carbocycles. The van der Waals surface area contributed by atoms with E-state index in [1.165, 1.54) is 0 Å². The van der Waals surface area contributed by atoms with Crippen molar-refractivity contribution in [2.24, 2.45) is 4.99 Å². The maximum Gasteiger partial charge on any atom is 0.191 e. The molecular weight excluding hydrogens is 471 g/mol. The van der Waals surface area contributed by atoms with Gasteiger partial charge in [-0.05, 0) is 25.0 Å². The fourth-order valence-electron chi connectivity index (χ4n) is 3.04. The summed E-state index contributed by atoms with van der Waals surface area (Å²) in [6.45, 7) is 2.70. The summed E-state index contributed by atoms with van der Waals surface area (Å²) in [4.78, 5) is 8.83. The first-order chi connectivity index (χ1) is 13.3. The van der Waals surface area contributed by atoms with Crippen molar-refractivity contribution in [1.82, 2.24) is 25.4 Å². The van der Waals surface area contributed by atoms with Crippen LogP contribution in [0.3, 0.4) is 0 Å². The van der Waals surface area contributed by atoms with Gasteiger partial charge in [-0.2, -0.15) is 5.10 Å². The molecule has 3 rings (SSSR count). The Morgan fingerprint density at radius 2 is 2.14 bits per heavy atom. The van der Waals surface area contributed by atoms with Crippen LogP contribution < -0.4 is 15.4 Å². The Kier molecular flexibility index (Phi) is 9.48. The number of aromatic nitrogens is 3. The maximum atomic E-state index is 5.70. The Morgan fingerprint density at radius 3 is 2.89 bits per heavy atom. The second-order valence-corrected chi connectivity index (χ2v) is 6.45. The van der Waals surface area contributed by atoms with E-state index < -0.39 is 0 Å². The van der Waals surface area contributed by atoms with Crippen LogP contribution in [0.1, 0.15) is 24.5 Å².